The molecule has 1 amide bonds. The Morgan fingerprint density at radius 2 is 2.17 bits per heavy atom. The van der Waals surface area contributed by atoms with Crippen LogP contribution in [-0.4, -0.2) is 41.9 Å². The van der Waals surface area contributed by atoms with E-state index in [0.717, 1.165) is 0 Å². The highest BCUT2D eigenvalue weighted by molar-refractivity contribution is 5.68. The van der Waals surface area contributed by atoms with E-state index in [1.54, 1.807) is 4.90 Å². The van der Waals surface area contributed by atoms with E-state index in [2.05, 4.69) is 0 Å². The van der Waals surface area contributed by atoms with Crippen molar-refractivity contribution in [3.05, 3.63) is 0 Å². The van der Waals surface area contributed by atoms with Crippen LogP contribution in [0.4, 0.5) is 9.18 Å². The molecule has 1 saturated heterocycles. The number of carbonyl (C=O) groups is 1. The summed E-state index contributed by atoms with van der Waals surface area (Å²) >= 11 is 0. The Labute approximate surface area is 109 Å². The van der Waals surface area contributed by atoms with E-state index < -0.39 is 11.8 Å². The van der Waals surface area contributed by atoms with Crippen molar-refractivity contribution in [1.82, 2.24) is 4.90 Å². The van der Waals surface area contributed by atoms with Gasteiger partial charge in [-0.15, -0.1) is 0 Å². The number of rotatable bonds is 2. The zero-order valence-electron chi connectivity index (χ0n) is 11.8. The van der Waals surface area contributed by atoms with Gasteiger partial charge in [0.15, 0.2) is 0 Å². The zero-order chi connectivity index (χ0) is 13.9. The first-order valence-corrected chi connectivity index (χ1v) is 6.56. The van der Waals surface area contributed by atoms with Gasteiger partial charge in [-0.1, -0.05) is 0 Å². The predicted molar refractivity (Wildman–Crippen MR) is 69.1 cm³/mol. The van der Waals surface area contributed by atoms with Crippen molar-refractivity contribution in [1.29, 1.82) is 0 Å². The van der Waals surface area contributed by atoms with Crippen LogP contribution in [0.15, 0.2) is 0 Å². The monoisotopic (exact) mass is 260 g/mol. The molecule has 3 atom stereocenters. The standard InChI is InChI=1S/C13H25FN2O2/c1-9(14)7-10-8-16(6-5-11(10)15)12(17)18-13(2,3)4/h9-11H,5-8,15H2,1-4H3. The van der Waals surface area contributed by atoms with Crippen LogP contribution < -0.4 is 5.73 Å². The minimum absolute atomic E-state index is 0.0197. The van der Waals surface area contributed by atoms with Gasteiger partial charge in [0.1, 0.15) is 5.60 Å². The minimum atomic E-state index is -0.889. The summed E-state index contributed by atoms with van der Waals surface area (Å²) in [5, 5.41) is 0. The number of nitrogens with two attached hydrogens (primary N) is 1. The first kappa shape index (κ1) is 15.2. The van der Waals surface area contributed by atoms with Crippen LogP contribution in [0.1, 0.15) is 40.5 Å². The molecule has 0 aromatic carbocycles. The first-order valence-electron chi connectivity index (χ1n) is 6.56. The van der Waals surface area contributed by atoms with Crippen molar-refractivity contribution in [2.24, 2.45) is 11.7 Å². The Kier molecular flexibility index (Phi) is 4.96. The molecule has 0 spiro atoms. The van der Waals surface area contributed by atoms with E-state index in [1.807, 2.05) is 20.8 Å². The Morgan fingerprint density at radius 3 is 2.67 bits per heavy atom. The van der Waals surface area contributed by atoms with Gasteiger partial charge < -0.3 is 15.4 Å². The van der Waals surface area contributed by atoms with Crippen LogP contribution >= 0.6 is 0 Å². The van der Waals surface area contributed by atoms with E-state index in [1.165, 1.54) is 6.92 Å². The van der Waals surface area contributed by atoms with E-state index in [-0.39, 0.29) is 18.1 Å². The Bertz CT molecular complexity index is 289. The molecule has 4 nitrogen and oxygen atoms in total. The van der Waals surface area contributed by atoms with Crippen molar-refractivity contribution in [3.63, 3.8) is 0 Å². The maximum atomic E-state index is 13.1. The van der Waals surface area contributed by atoms with Crippen molar-refractivity contribution in [3.8, 4) is 0 Å². The van der Waals surface area contributed by atoms with Crippen LogP contribution in [0.5, 0.6) is 0 Å². The molecule has 1 aliphatic heterocycles. The van der Waals surface area contributed by atoms with Gasteiger partial charge in [0, 0.05) is 19.1 Å². The van der Waals surface area contributed by atoms with E-state index >= 15 is 0 Å². The second kappa shape index (κ2) is 5.87. The lowest BCUT2D eigenvalue weighted by atomic mass is 9.89. The molecular weight excluding hydrogens is 235 g/mol. The summed E-state index contributed by atoms with van der Waals surface area (Å²) in [6.07, 6.45) is -0.109. The number of ether oxygens (including phenoxy) is 1. The van der Waals surface area contributed by atoms with Crippen LogP contribution in [0.25, 0.3) is 0 Å². The maximum Gasteiger partial charge on any atom is 0.410 e. The van der Waals surface area contributed by atoms with Crippen LogP contribution in [0.2, 0.25) is 0 Å². The summed E-state index contributed by atoms with van der Waals surface area (Å²) in [5.74, 6) is 0.0197. The van der Waals surface area contributed by atoms with Crippen molar-refractivity contribution >= 4 is 6.09 Å². The topological polar surface area (TPSA) is 55.6 Å². The predicted octanol–water partition coefficient (Wildman–Crippen LogP) is 2.32. The number of amides is 1. The molecule has 0 radical (unpaired) electrons. The first-order chi connectivity index (χ1) is 8.19. The van der Waals surface area contributed by atoms with Gasteiger partial charge in [0.2, 0.25) is 0 Å². The minimum Gasteiger partial charge on any atom is -0.444 e. The molecular formula is C13H25FN2O2. The fourth-order valence-electron chi connectivity index (χ4n) is 2.21. The molecule has 5 heteroatoms. The van der Waals surface area contributed by atoms with Gasteiger partial charge in [-0.25, -0.2) is 9.18 Å². The Hall–Kier alpha value is -0.840. The number of nitrogens with zero attached hydrogens (tertiary/aromatic N) is 1. The molecule has 0 bridgehead atoms. The molecule has 0 aromatic rings. The van der Waals surface area contributed by atoms with Crippen LogP contribution in [-0.2, 0) is 4.74 Å². The summed E-state index contributed by atoms with van der Waals surface area (Å²) in [7, 11) is 0. The summed E-state index contributed by atoms with van der Waals surface area (Å²) < 4.78 is 18.4. The van der Waals surface area contributed by atoms with Gasteiger partial charge in [-0.3, -0.25) is 0 Å². The van der Waals surface area contributed by atoms with Gasteiger partial charge in [-0.05, 0) is 46.5 Å². The zero-order valence-corrected chi connectivity index (χ0v) is 11.8. The molecule has 1 rings (SSSR count). The average Bonchev–Trinajstić information content (AvgIpc) is 2.17. The third-order valence-electron chi connectivity index (χ3n) is 3.07. The normalized spacial score (nSPS) is 26.9. The molecule has 106 valence electrons. The summed E-state index contributed by atoms with van der Waals surface area (Å²) in [6, 6.07) is -0.0260. The van der Waals surface area contributed by atoms with Crippen molar-refractivity contribution in [2.75, 3.05) is 13.1 Å². The molecule has 18 heavy (non-hydrogen) atoms. The molecule has 0 aliphatic carbocycles. The third kappa shape index (κ3) is 4.80. The van der Waals surface area contributed by atoms with E-state index in [9.17, 15) is 9.18 Å². The van der Waals surface area contributed by atoms with E-state index in [0.29, 0.717) is 25.9 Å². The third-order valence-corrected chi connectivity index (χ3v) is 3.07. The molecule has 1 heterocycles. The fourth-order valence-corrected chi connectivity index (χ4v) is 2.21. The average molecular weight is 260 g/mol. The highest BCUT2D eigenvalue weighted by Gasteiger charge is 2.32. The number of alkyl halides is 1. The molecule has 3 unspecified atom stereocenters. The number of likely N-dealkylation sites (tertiary alicyclic amines) is 1. The summed E-state index contributed by atoms with van der Waals surface area (Å²) in [6.45, 7) is 8.11. The highest BCUT2D eigenvalue weighted by Crippen LogP contribution is 2.23. The van der Waals surface area contributed by atoms with Gasteiger partial charge >= 0.3 is 6.09 Å². The highest BCUT2D eigenvalue weighted by atomic mass is 19.1. The molecule has 1 fully saturated rings. The number of carbonyl (C=O) groups excluding carboxylic acids is 1. The smallest absolute Gasteiger partial charge is 0.410 e. The lowest BCUT2D eigenvalue weighted by molar-refractivity contribution is 0.0129. The van der Waals surface area contributed by atoms with Crippen LogP contribution in [0, 0.1) is 5.92 Å². The lowest BCUT2D eigenvalue weighted by Crippen LogP contribution is -2.50. The molecule has 0 aromatic heterocycles. The van der Waals surface area contributed by atoms with Gasteiger partial charge in [-0.2, -0.15) is 0 Å². The second-order valence-electron chi connectivity index (χ2n) is 6.16. The summed E-state index contributed by atoms with van der Waals surface area (Å²) in [5.41, 5.74) is 5.47. The second-order valence-corrected chi connectivity index (χ2v) is 6.16. The number of halogens is 1. The maximum absolute atomic E-state index is 13.1. The SMILES string of the molecule is CC(F)CC1CN(C(=O)OC(C)(C)C)CCC1N. The number of piperidine rings is 1. The number of hydrogen-bond donors (Lipinski definition) is 1. The van der Waals surface area contributed by atoms with Gasteiger partial charge in [0.25, 0.3) is 0 Å². The largest absolute Gasteiger partial charge is 0.444 e. The number of hydrogen-bond acceptors (Lipinski definition) is 3. The Balaban J connectivity index is 2.56. The molecule has 0 saturated carbocycles. The van der Waals surface area contributed by atoms with Crippen LogP contribution in [0.3, 0.4) is 0 Å². The van der Waals surface area contributed by atoms with Gasteiger partial charge in [0.05, 0.1) is 6.17 Å². The Morgan fingerprint density at radius 1 is 1.56 bits per heavy atom. The summed E-state index contributed by atoms with van der Waals surface area (Å²) in [4.78, 5) is 13.6. The molecule has 2 N–H and O–H groups in total. The van der Waals surface area contributed by atoms with Crippen molar-refractivity contribution in [2.45, 2.75) is 58.4 Å². The van der Waals surface area contributed by atoms with Crippen molar-refractivity contribution < 1.29 is 13.9 Å². The van der Waals surface area contributed by atoms with E-state index in [4.69, 9.17) is 10.5 Å². The fraction of sp³-hybridized carbons (Fsp3) is 0.923. The lowest BCUT2D eigenvalue weighted by Gasteiger charge is -2.37. The molecule has 1 aliphatic rings. The quantitative estimate of drug-likeness (QED) is 0.829.